The van der Waals surface area contributed by atoms with E-state index in [4.69, 9.17) is 0 Å². The molecule has 1 saturated heterocycles. The zero-order chi connectivity index (χ0) is 14.5. The minimum absolute atomic E-state index is 0.204. The lowest BCUT2D eigenvalue weighted by atomic mass is 10.0. The van der Waals surface area contributed by atoms with Crippen molar-refractivity contribution < 1.29 is 22.8 Å². The van der Waals surface area contributed by atoms with Crippen LogP contribution in [0.1, 0.15) is 18.4 Å². The third-order valence-corrected chi connectivity index (χ3v) is 3.74. The molecule has 1 spiro atoms. The van der Waals surface area contributed by atoms with E-state index < -0.39 is 34.8 Å². The van der Waals surface area contributed by atoms with Gasteiger partial charge in [-0.25, -0.2) is 9.69 Å². The Labute approximate surface area is 112 Å². The highest BCUT2D eigenvalue weighted by molar-refractivity contribution is 6.19. The minimum atomic E-state index is -4.62. The molecule has 1 aliphatic carbocycles. The summed E-state index contributed by atoms with van der Waals surface area (Å²) in [6, 6.07) is 3.81. The first kappa shape index (κ1) is 13.0. The van der Waals surface area contributed by atoms with Gasteiger partial charge < -0.3 is 5.32 Å². The molecule has 1 aromatic carbocycles. The molecule has 0 aromatic heterocycles. The topological polar surface area (TPSA) is 49.4 Å². The third kappa shape index (κ3) is 1.85. The predicted octanol–water partition coefficient (Wildman–Crippen LogP) is 2.54. The molecule has 3 amide bonds. The van der Waals surface area contributed by atoms with E-state index in [1.165, 1.54) is 12.1 Å². The van der Waals surface area contributed by atoms with Crippen molar-refractivity contribution in [2.45, 2.75) is 19.0 Å². The Hall–Kier alpha value is -2.05. The molecular weight excluding hydrogens is 273 g/mol. The number of alkyl halides is 3. The Balaban J connectivity index is 2.08. The summed E-state index contributed by atoms with van der Waals surface area (Å²) in [5.41, 5.74) is -2.10. The maximum absolute atomic E-state index is 13.0. The van der Waals surface area contributed by atoms with Gasteiger partial charge in [-0.15, -0.1) is 0 Å². The molecule has 0 radical (unpaired) electrons. The molecule has 7 heteroatoms. The van der Waals surface area contributed by atoms with E-state index in [1.807, 2.05) is 0 Å². The molecule has 2 aliphatic rings. The molecule has 1 saturated carbocycles. The van der Waals surface area contributed by atoms with Crippen LogP contribution >= 0.6 is 0 Å². The molecule has 0 bridgehead atoms. The molecule has 20 heavy (non-hydrogen) atoms. The van der Waals surface area contributed by atoms with Crippen LogP contribution < -0.4 is 10.2 Å². The lowest BCUT2D eigenvalue weighted by Crippen LogP contribution is -2.56. The standard InChI is InChI=1S/C13H11F3N2O2/c14-13(15,16)8-3-1-2-4-9(8)18-10(19)12(5-6-12)7-17-11(18)20/h1-4H,5-7H2,(H,17,20). The number of imide groups is 1. The van der Waals surface area contributed by atoms with Gasteiger partial charge in [0.25, 0.3) is 0 Å². The zero-order valence-electron chi connectivity index (χ0n) is 10.3. The number of hydrogen-bond acceptors (Lipinski definition) is 2. The third-order valence-electron chi connectivity index (χ3n) is 3.74. The van der Waals surface area contributed by atoms with Crippen LogP contribution in [0.3, 0.4) is 0 Å². The summed E-state index contributed by atoms with van der Waals surface area (Å²) in [7, 11) is 0. The van der Waals surface area contributed by atoms with Crippen molar-refractivity contribution in [1.82, 2.24) is 5.32 Å². The molecule has 0 atom stereocenters. The van der Waals surface area contributed by atoms with Crippen LogP contribution in [0.15, 0.2) is 24.3 Å². The van der Waals surface area contributed by atoms with Gasteiger partial charge in [0.2, 0.25) is 5.91 Å². The van der Waals surface area contributed by atoms with E-state index in [0.717, 1.165) is 12.1 Å². The van der Waals surface area contributed by atoms with Crippen molar-refractivity contribution in [3.8, 4) is 0 Å². The van der Waals surface area contributed by atoms with E-state index in [9.17, 15) is 22.8 Å². The first-order chi connectivity index (χ1) is 9.35. The number of rotatable bonds is 1. The van der Waals surface area contributed by atoms with Gasteiger partial charge in [0.15, 0.2) is 0 Å². The van der Waals surface area contributed by atoms with Gasteiger partial charge in [-0.3, -0.25) is 4.79 Å². The van der Waals surface area contributed by atoms with Gasteiger partial charge in [-0.05, 0) is 25.0 Å². The van der Waals surface area contributed by atoms with Gasteiger partial charge in [0.05, 0.1) is 16.7 Å². The minimum Gasteiger partial charge on any atom is -0.336 e. The lowest BCUT2D eigenvalue weighted by Gasteiger charge is -2.32. The molecule has 1 heterocycles. The Bertz CT molecular complexity index is 594. The van der Waals surface area contributed by atoms with Crippen LogP contribution in [0, 0.1) is 5.41 Å². The molecule has 106 valence electrons. The van der Waals surface area contributed by atoms with E-state index in [0.29, 0.717) is 17.7 Å². The van der Waals surface area contributed by atoms with Gasteiger partial charge >= 0.3 is 12.2 Å². The number of nitrogens with zero attached hydrogens (tertiary/aromatic N) is 1. The highest BCUT2D eigenvalue weighted by Gasteiger charge is 2.56. The summed E-state index contributed by atoms with van der Waals surface area (Å²) >= 11 is 0. The Morgan fingerprint density at radius 2 is 1.80 bits per heavy atom. The van der Waals surface area contributed by atoms with Crippen LogP contribution in [0.2, 0.25) is 0 Å². The molecule has 0 unspecified atom stereocenters. The summed E-state index contributed by atoms with van der Waals surface area (Å²) < 4.78 is 39.0. The second-order valence-corrected chi connectivity index (χ2v) is 5.09. The SMILES string of the molecule is O=C1NCC2(CC2)C(=O)N1c1ccccc1C(F)(F)F. The lowest BCUT2D eigenvalue weighted by molar-refractivity contribution is -0.137. The average molecular weight is 284 g/mol. The molecule has 2 fully saturated rings. The number of benzene rings is 1. The van der Waals surface area contributed by atoms with E-state index in [1.54, 1.807) is 0 Å². The fourth-order valence-corrected chi connectivity index (χ4v) is 2.40. The maximum atomic E-state index is 13.0. The number of carbonyl (C=O) groups is 2. The summed E-state index contributed by atoms with van der Waals surface area (Å²) in [6.07, 6.45) is -3.43. The molecule has 3 rings (SSSR count). The first-order valence-electron chi connectivity index (χ1n) is 6.14. The zero-order valence-corrected chi connectivity index (χ0v) is 10.3. The number of hydrogen-bond donors (Lipinski definition) is 1. The van der Waals surface area contributed by atoms with Gasteiger partial charge in [0.1, 0.15) is 0 Å². The maximum Gasteiger partial charge on any atom is 0.418 e. The highest BCUT2D eigenvalue weighted by atomic mass is 19.4. The number of halogens is 3. The Morgan fingerprint density at radius 3 is 2.40 bits per heavy atom. The highest BCUT2D eigenvalue weighted by Crippen LogP contribution is 2.49. The molecule has 1 aliphatic heterocycles. The average Bonchev–Trinajstić information content (AvgIpc) is 3.15. The van der Waals surface area contributed by atoms with E-state index in [2.05, 4.69) is 5.32 Å². The summed E-state index contributed by atoms with van der Waals surface area (Å²) in [5.74, 6) is -0.544. The van der Waals surface area contributed by atoms with Crippen molar-refractivity contribution in [2.24, 2.45) is 5.41 Å². The van der Waals surface area contributed by atoms with Crippen LogP contribution in [0.25, 0.3) is 0 Å². The summed E-state index contributed by atoms with van der Waals surface area (Å²) in [4.78, 5) is 24.7. The summed E-state index contributed by atoms with van der Waals surface area (Å²) in [5, 5.41) is 2.49. The van der Waals surface area contributed by atoms with Gasteiger partial charge in [-0.1, -0.05) is 12.1 Å². The van der Waals surface area contributed by atoms with Gasteiger partial charge in [-0.2, -0.15) is 13.2 Å². The largest absolute Gasteiger partial charge is 0.418 e. The number of anilines is 1. The van der Waals surface area contributed by atoms with Crippen molar-refractivity contribution in [2.75, 3.05) is 11.4 Å². The van der Waals surface area contributed by atoms with Crippen molar-refractivity contribution in [1.29, 1.82) is 0 Å². The van der Waals surface area contributed by atoms with Crippen LogP contribution in [0.4, 0.5) is 23.7 Å². The van der Waals surface area contributed by atoms with Crippen molar-refractivity contribution in [3.63, 3.8) is 0 Å². The number of para-hydroxylation sites is 1. The fraction of sp³-hybridized carbons (Fsp3) is 0.385. The molecule has 1 N–H and O–H groups in total. The predicted molar refractivity (Wildman–Crippen MR) is 64.0 cm³/mol. The van der Waals surface area contributed by atoms with E-state index in [-0.39, 0.29) is 6.54 Å². The van der Waals surface area contributed by atoms with Crippen LogP contribution in [-0.2, 0) is 11.0 Å². The Kier molecular flexibility index (Phi) is 2.57. The number of nitrogens with one attached hydrogen (secondary N) is 1. The fourth-order valence-electron chi connectivity index (χ4n) is 2.40. The number of urea groups is 1. The van der Waals surface area contributed by atoms with E-state index >= 15 is 0 Å². The normalized spacial score (nSPS) is 21.1. The summed E-state index contributed by atoms with van der Waals surface area (Å²) in [6.45, 7) is 0.204. The van der Waals surface area contributed by atoms with Crippen LogP contribution in [-0.4, -0.2) is 18.5 Å². The first-order valence-corrected chi connectivity index (χ1v) is 6.14. The van der Waals surface area contributed by atoms with Gasteiger partial charge in [0, 0.05) is 6.54 Å². The molecule has 4 nitrogen and oxygen atoms in total. The second-order valence-electron chi connectivity index (χ2n) is 5.09. The second kappa shape index (κ2) is 3.97. The molecular formula is C13H11F3N2O2. The van der Waals surface area contributed by atoms with Crippen LogP contribution in [0.5, 0.6) is 0 Å². The monoisotopic (exact) mass is 284 g/mol. The number of carbonyl (C=O) groups excluding carboxylic acids is 2. The molecule has 1 aromatic rings. The smallest absolute Gasteiger partial charge is 0.336 e. The number of amides is 3. The quantitative estimate of drug-likeness (QED) is 0.861. The van der Waals surface area contributed by atoms with Crippen molar-refractivity contribution >= 4 is 17.6 Å². The Morgan fingerprint density at radius 1 is 1.15 bits per heavy atom. The van der Waals surface area contributed by atoms with Crippen molar-refractivity contribution in [3.05, 3.63) is 29.8 Å².